The molecule has 0 fully saturated rings. The average Bonchev–Trinajstić information content (AvgIpc) is 3.42. The molecule has 0 radical (unpaired) electrons. The number of carbonyl (C=O) groups excluding carboxylic acids is 1. The fourth-order valence-electron chi connectivity index (χ4n) is 3.20. The van der Waals surface area contributed by atoms with E-state index in [0.717, 1.165) is 15.8 Å². The van der Waals surface area contributed by atoms with Gasteiger partial charge in [0.05, 0.1) is 17.2 Å². The molecule has 1 N–H and O–H groups in total. The summed E-state index contributed by atoms with van der Waals surface area (Å²) in [6, 6.07) is 17.3. The summed E-state index contributed by atoms with van der Waals surface area (Å²) < 4.78 is 10.1. The van der Waals surface area contributed by atoms with Crippen LogP contribution < -0.4 is 10.1 Å². The van der Waals surface area contributed by atoms with Gasteiger partial charge in [-0.1, -0.05) is 38.1 Å². The summed E-state index contributed by atoms with van der Waals surface area (Å²) in [5, 5.41) is 11.5. The second-order valence-electron chi connectivity index (χ2n) is 7.75. The van der Waals surface area contributed by atoms with Crippen LogP contribution in [0.5, 0.6) is 5.75 Å². The van der Waals surface area contributed by atoms with Crippen LogP contribution in [0.25, 0.3) is 0 Å². The van der Waals surface area contributed by atoms with Crippen molar-refractivity contribution in [3.8, 4) is 5.75 Å². The monoisotopic (exact) mass is 493 g/mol. The summed E-state index contributed by atoms with van der Waals surface area (Å²) in [6.07, 6.45) is 5.37. The van der Waals surface area contributed by atoms with Crippen LogP contribution in [0.3, 0.4) is 0 Å². The van der Waals surface area contributed by atoms with Gasteiger partial charge < -0.3 is 10.1 Å². The number of halogens is 1. The molecule has 0 saturated heterocycles. The first-order valence-electron chi connectivity index (χ1n) is 10.3. The number of aromatic nitrogens is 4. The molecule has 0 atom stereocenters. The van der Waals surface area contributed by atoms with Gasteiger partial charge in [-0.2, -0.15) is 10.2 Å². The molecule has 4 aromatic rings. The van der Waals surface area contributed by atoms with Gasteiger partial charge in [-0.3, -0.25) is 9.48 Å². The van der Waals surface area contributed by atoms with Crippen molar-refractivity contribution in [1.29, 1.82) is 0 Å². The van der Waals surface area contributed by atoms with Crippen molar-refractivity contribution < 1.29 is 9.53 Å². The van der Waals surface area contributed by atoms with Crippen LogP contribution in [0.4, 0.5) is 5.69 Å². The number of carbonyl (C=O) groups is 1. The number of nitrogens with zero attached hydrogens (tertiary/aromatic N) is 4. The van der Waals surface area contributed by atoms with Crippen LogP contribution in [0.15, 0.2) is 77.7 Å². The first-order chi connectivity index (χ1) is 15.5. The summed E-state index contributed by atoms with van der Waals surface area (Å²) in [6.45, 7) is 5.14. The van der Waals surface area contributed by atoms with Crippen LogP contribution in [0.1, 0.15) is 41.4 Å². The smallest absolute Gasteiger partial charge is 0.276 e. The Morgan fingerprint density at radius 2 is 1.94 bits per heavy atom. The third-order valence-electron chi connectivity index (χ3n) is 4.91. The van der Waals surface area contributed by atoms with Gasteiger partial charge in [0.15, 0.2) is 12.4 Å². The molecule has 7 nitrogen and oxygen atoms in total. The highest BCUT2D eigenvalue weighted by Crippen LogP contribution is 2.19. The minimum Gasteiger partial charge on any atom is -0.471 e. The molecule has 164 valence electrons. The number of ether oxygens (including phenoxy) is 1. The van der Waals surface area contributed by atoms with E-state index >= 15 is 0 Å². The van der Waals surface area contributed by atoms with E-state index in [9.17, 15) is 4.79 Å². The molecule has 0 saturated carbocycles. The Kier molecular flexibility index (Phi) is 6.70. The van der Waals surface area contributed by atoms with E-state index in [1.54, 1.807) is 23.1 Å². The zero-order valence-corrected chi connectivity index (χ0v) is 19.5. The number of rotatable bonds is 8. The molecule has 2 aromatic carbocycles. The van der Waals surface area contributed by atoms with Crippen molar-refractivity contribution in [1.82, 2.24) is 19.6 Å². The van der Waals surface area contributed by atoms with Crippen LogP contribution in [-0.4, -0.2) is 25.5 Å². The highest BCUT2D eigenvalue weighted by molar-refractivity contribution is 9.10. The number of hydrogen-bond donors (Lipinski definition) is 1. The van der Waals surface area contributed by atoms with Crippen molar-refractivity contribution in [3.63, 3.8) is 0 Å². The predicted octanol–water partition coefficient (Wildman–Crippen LogP) is 5.30. The normalized spacial score (nSPS) is 11.0. The molecule has 0 aliphatic carbocycles. The van der Waals surface area contributed by atoms with Gasteiger partial charge >= 0.3 is 0 Å². The summed E-state index contributed by atoms with van der Waals surface area (Å²) in [5.74, 6) is 0.964. The van der Waals surface area contributed by atoms with Crippen molar-refractivity contribution in [3.05, 3.63) is 94.5 Å². The highest BCUT2D eigenvalue weighted by atomic mass is 79.9. The first-order valence-corrected chi connectivity index (χ1v) is 11.1. The van der Waals surface area contributed by atoms with Gasteiger partial charge in [-0.05, 0) is 63.3 Å². The second-order valence-corrected chi connectivity index (χ2v) is 8.66. The first kappa shape index (κ1) is 21.8. The number of anilines is 1. The van der Waals surface area contributed by atoms with Crippen molar-refractivity contribution in [2.45, 2.75) is 33.0 Å². The molecule has 32 heavy (non-hydrogen) atoms. The lowest BCUT2D eigenvalue weighted by molar-refractivity contribution is 0.102. The highest BCUT2D eigenvalue weighted by Gasteiger charge is 2.11. The number of nitrogens with one attached hydrogen (secondary N) is 1. The summed E-state index contributed by atoms with van der Waals surface area (Å²) in [4.78, 5) is 12.6. The van der Waals surface area contributed by atoms with E-state index in [-0.39, 0.29) is 12.6 Å². The molecular weight excluding hydrogens is 470 g/mol. The van der Waals surface area contributed by atoms with E-state index in [2.05, 4.69) is 57.4 Å². The maximum atomic E-state index is 12.6. The fraction of sp³-hybridized carbons (Fsp3) is 0.208. The minimum absolute atomic E-state index is 0.225. The molecule has 0 spiro atoms. The molecule has 0 unspecified atom stereocenters. The Morgan fingerprint density at radius 1 is 1.12 bits per heavy atom. The Labute approximate surface area is 195 Å². The lowest BCUT2D eigenvalue weighted by Crippen LogP contribution is -2.14. The third-order valence-corrected chi connectivity index (χ3v) is 5.32. The standard InChI is InChI=1S/C24H24BrN5O2/c1-17(2)19-6-8-22(9-7-19)32-16-29-11-10-23(28-29)24(31)27-21-5-3-4-18(12-21)14-30-15-20(25)13-26-30/h3-13,15,17H,14,16H2,1-2H3,(H,27,31). The number of hydrogen-bond acceptors (Lipinski definition) is 4. The topological polar surface area (TPSA) is 74.0 Å². The van der Waals surface area contributed by atoms with E-state index < -0.39 is 0 Å². The molecule has 2 heterocycles. The molecule has 2 aromatic heterocycles. The third kappa shape index (κ3) is 5.64. The molecule has 0 aliphatic heterocycles. The average molecular weight is 494 g/mol. The van der Waals surface area contributed by atoms with E-state index in [1.807, 2.05) is 47.3 Å². The lowest BCUT2D eigenvalue weighted by atomic mass is 10.0. The SMILES string of the molecule is CC(C)c1ccc(OCn2ccc(C(=O)Nc3cccc(Cn4cc(Br)cn4)c3)n2)cc1. The maximum Gasteiger partial charge on any atom is 0.276 e. The van der Waals surface area contributed by atoms with Gasteiger partial charge in [0.25, 0.3) is 5.91 Å². The Hall–Kier alpha value is -3.39. The zero-order chi connectivity index (χ0) is 22.5. The summed E-state index contributed by atoms with van der Waals surface area (Å²) >= 11 is 3.39. The predicted molar refractivity (Wildman–Crippen MR) is 127 cm³/mol. The molecular formula is C24H24BrN5O2. The molecule has 0 bridgehead atoms. The Morgan fingerprint density at radius 3 is 2.66 bits per heavy atom. The molecule has 0 aliphatic rings. The van der Waals surface area contributed by atoms with Crippen LogP contribution >= 0.6 is 15.9 Å². The lowest BCUT2D eigenvalue weighted by Gasteiger charge is -2.09. The van der Waals surface area contributed by atoms with Gasteiger partial charge in [0, 0.05) is 18.1 Å². The largest absolute Gasteiger partial charge is 0.471 e. The van der Waals surface area contributed by atoms with Crippen molar-refractivity contribution in [2.24, 2.45) is 0 Å². The van der Waals surface area contributed by atoms with Gasteiger partial charge in [0.1, 0.15) is 5.75 Å². The van der Waals surface area contributed by atoms with Crippen molar-refractivity contribution in [2.75, 3.05) is 5.32 Å². The quantitative estimate of drug-likeness (QED) is 0.361. The number of benzene rings is 2. The maximum absolute atomic E-state index is 12.6. The van der Waals surface area contributed by atoms with Crippen LogP contribution in [-0.2, 0) is 13.3 Å². The van der Waals surface area contributed by atoms with Crippen LogP contribution in [0, 0.1) is 0 Å². The van der Waals surface area contributed by atoms with E-state index in [1.165, 1.54) is 5.56 Å². The van der Waals surface area contributed by atoms with Gasteiger partial charge in [-0.15, -0.1) is 0 Å². The molecule has 1 amide bonds. The Bertz CT molecular complexity index is 1200. The fourth-order valence-corrected chi connectivity index (χ4v) is 3.53. The minimum atomic E-state index is -0.274. The van der Waals surface area contributed by atoms with Gasteiger partial charge in [-0.25, -0.2) is 4.68 Å². The molecule has 8 heteroatoms. The summed E-state index contributed by atoms with van der Waals surface area (Å²) in [7, 11) is 0. The van der Waals surface area contributed by atoms with E-state index in [4.69, 9.17) is 4.74 Å². The van der Waals surface area contributed by atoms with E-state index in [0.29, 0.717) is 23.8 Å². The van der Waals surface area contributed by atoms with Crippen LogP contribution in [0.2, 0.25) is 0 Å². The zero-order valence-electron chi connectivity index (χ0n) is 17.9. The number of amides is 1. The molecule has 4 rings (SSSR count). The van der Waals surface area contributed by atoms with Gasteiger partial charge in [0.2, 0.25) is 0 Å². The summed E-state index contributed by atoms with van der Waals surface area (Å²) in [5.41, 5.74) is 3.32. The van der Waals surface area contributed by atoms with Crippen molar-refractivity contribution >= 4 is 27.5 Å². The Balaban J connectivity index is 1.34. The second kappa shape index (κ2) is 9.82.